The number of hydrogen-bond donors (Lipinski definition) is 2. The third kappa shape index (κ3) is 11.9. The molecule has 0 spiro atoms. The molecule has 0 saturated heterocycles. The average molecular weight is 308 g/mol. The van der Waals surface area contributed by atoms with Gasteiger partial charge in [-0.3, -0.25) is 9.36 Å². The largest absolute Gasteiger partial charge is 0.465 e. The van der Waals surface area contributed by atoms with Crippen molar-refractivity contribution in [2.75, 3.05) is 19.4 Å². The van der Waals surface area contributed by atoms with E-state index < -0.39 is 25.7 Å². The van der Waals surface area contributed by atoms with E-state index >= 15 is 0 Å². The molecule has 0 bridgehead atoms. The zero-order valence-electron chi connectivity index (χ0n) is 11.5. The first-order valence-electron chi connectivity index (χ1n) is 6.25. The molecule has 0 saturated carbocycles. The zero-order valence-corrected chi connectivity index (χ0v) is 12.4. The van der Waals surface area contributed by atoms with E-state index in [0.29, 0.717) is 25.0 Å². The molecule has 0 aliphatic heterocycles. The lowest BCUT2D eigenvalue weighted by Gasteiger charge is -2.06. The average Bonchev–Trinajstić information content (AvgIpc) is 2.29. The van der Waals surface area contributed by atoms with E-state index in [1.165, 1.54) is 0 Å². The predicted molar refractivity (Wildman–Crippen MR) is 72.1 cm³/mol. The number of unbranched alkanes of at least 4 members (excludes halogenated alkanes) is 3. The first-order chi connectivity index (χ1) is 9.22. The summed E-state index contributed by atoms with van der Waals surface area (Å²) < 4.78 is 20.1. The Morgan fingerprint density at radius 2 is 1.55 bits per heavy atom. The maximum absolute atomic E-state index is 11.0. The van der Waals surface area contributed by atoms with Crippen LogP contribution in [0.25, 0.3) is 0 Å². The van der Waals surface area contributed by atoms with Gasteiger partial charge in [0.2, 0.25) is 0 Å². The second kappa shape index (κ2) is 9.69. The van der Waals surface area contributed by atoms with Crippen molar-refractivity contribution in [1.29, 1.82) is 0 Å². The van der Waals surface area contributed by atoms with Gasteiger partial charge in [0, 0.05) is 5.57 Å². The highest BCUT2D eigenvalue weighted by Gasteiger charge is 2.19. The molecule has 8 heteroatoms. The summed E-state index contributed by atoms with van der Waals surface area (Å²) in [5.41, 5.74) is 0.363. The lowest BCUT2D eigenvalue weighted by atomic mass is 10.2. The van der Waals surface area contributed by atoms with E-state index in [-0.39, 0.29) is 6.61 Å². The maximum atomic E-state index is 11.0. The summed E-state index contributed by atoms with van der Waals surface area (Å²) in [6.07, 6.45) is 1.99. The SMILES string of the molecule is C=C(C)C(=O)OCCCCCCOC(=O)CP(=O)(O)O. The molecule has 116 valence electrons. The molecule has 0 aromatic heterocycles. The molecule has 0 fully saturated rings. The molecule has 0 aromatic rings. The van der Waals surface area contributed by atoms with Gasteiger partial charge in [0.25, 0.3) is 0 Å². The molecule has 0 unspecified atom stereocenters. The van der Waals surface area contributed by atoms with Gasteiger partial charge in [0.1, 0.15) is 6.16 Å². The summed E-state index contributed by atoms with van der Waals surface area (Å²) in [6, 6.07) is 0. The molecule has 0 aliphatic rings. The Bertz CT molecular complexity index is 385. The van der Waals surface area contributed by atoms with Crippen molar-refractivity contribution in [1.82, 2.24) is 0 Å². The summed E-state index contributed by atoms with van der Waals surface area (Å²) in [4.78, 5) is 39.0. The topological polar surface area (TPSA) is 110 Å². The zero-order chi connectivity index (χ0) is 15.6. The molecule has 0 aliphatic carbocycles. The molecule has 0 atom stereocenters. The van der Waals surface area contributed by atoms with Crippen LogP contribution in [0.5, 0.6) is 0 Å². The van der Waals surface area contributed by atoms with Gasteiger partial charge in [-0.1, -0.05) is 6.58 Å². The van der Waals surface area contributed by atoms with E-state index in [2.05, 4.69) is 11.3 Å². The van der Waals surface area contributed by atoms with Crippen LogP contribution in [-0.4, -0.2) is 41.1 Å². The number of rotatable bonds is 10. The Morgan fingerprint density at radius 3 is 2.00 bits per heavy atom. The fraction of sp³-hybridized carbons (Fsp3) is 0.667. The first-order valence-corrected chi connectivity index (χ1v) is 8.05. The number of esters is 2. The second-order valence-corrected chi connectivity index (χ2v) is 6.02. The molecule has 7 nitrogen and oxygen atoms in total. The first kappa shape index (κ1) is 18.8. The fourth-order valence-electron chi connectivity index (χ4n) is 1.25. The van der Waals surface area contributed by atoms with Crippen molar-refractivity contribution in [3.63, 3.8) is 0 Å². The molecule has 0 radical (unpaired) electrons. The highest BCUT2D eigenvalue weighted by molar-refractivity contribution is 7.52. The van der Waals surface area contributed by atoms with Crippen LogP contribution in [0, 0.1) is 0 Å². The Balaban J connectivity index is 3.41. The van der Waals surface area contributed by atoms with Gasteiger partial charge in [-0.25, -0.2) is 4.79 Å². The van der Waals surface area contributed by atoms with Gasteiger partial charge in [0.15, 0.2) is 0 Å². The number of ether oxygens (including phenoxy) is 2. The monoisotopic (exact) mass is 308 g/mol. The molecule has 0 rings (SSSR count). The number of hydrogen-bond acceptors (Lipinski definition) is 5. The van der Waals surface area contributed by atoms with E-state index in [0.717, 1.165) is 12.8 Å². The van der Waals surface area contributed by atoms with Gasteiger partial charge in [-0.2, -0.15) is 0 Å². The molecule has 0 amide bonds. The van der Waals surface area contributed by atoms with Crippen LogP contribution in [-0.2, 0) is 23.6 Å². The van der Waals surface area contributed by atoms with Crippen LogP contribution in [0.4, 0.5) is 0 Å². The molecule has 2 N–H and O–H groups in total. The molecule has 0 aromatic carbocycles. The van der Waals surface area contributed by atoms with Gasteiger partial charge in [-0.15, -0.1) is 0 Å². The predicted octanol–water partition coefficient (Wildman–Crippen LogP) is 1.39. The third-order valence-corrected chi connectivity index (χ3v) is 2.89. The van der Waals surface area contributed by atoms with Crippen molar-refractivity contribution in [3.8, 4) is 0 Å². The Kier molecular flexibility index (Phi) is 9.12. The minimum absolute atomic E-state index is 0.129. The van der Waals surface area contributed by atoms with E-state index in [1.807, 2.05) is 0 Å². The summed E-state index contributed by atoms with van der Waals surface area (Å²) in [5.74, 6) is -1.30. The minimum atomic E-state index is -4.34. The van der Waals surface area contributed by atoms with Crippen LogP contribution in [0.3, 0.4) is 0 Å². The Morgan fingerprint density at radius 1 is 1.05 bits per heavy atom. The summed E-state index contributed by atoms with van der Waals surface area (Å²) >= 11 is 0. The van der Waals surface area contributed by atoms with Crippen molar-refractivity contribution < 1.29 is 33.4 Å². The lowest BCUT2D eigenvalue weighted by Crippen LogP contribution is -2.11. The Hall–Kier alpha value is -1.17. The van der Waals surface area contributed by atoms with Crippen LogP contribution in [0.1, 0.15) is 32.6 Å². The summed E-state index contributed by atoms with van der Waals surface area (Å²) in [7, 11) is -4.34. The smallest absolute Gasteiger partial charge is 0.336 e. The van der Waals surface area contributed by atoms with E-state index in [4.69, 9.17) is 14.5 Å². The molecular formula is C12H21O7P. The van der Waals surface area contributed by atoms with Crippen LogP contribution >= 0.6 is 7.60 Å². The van der Waals surface area contributed by atoms with Gasteiger partial charge in [-0.05, 0) is 32.6 Å². The quantitative estimate of drug-likeness (QED) is 0.271. The van der Waals surface area contributed by atoms with E-state index in [9.17, 15) is 14.2 Å². The van der Waals surface area contributed by atoms with Crippen LogP contribution < -0.4 is 0 Å². The van der Waals surface area contributed by atoms with Gasteiger partial charge >= 0.3 is 19.5 Å². The Labute approximate surface area is 118 Å². The third-order valence-electron chi connectivity index (χ3n) is 2.22. The molecular weight excluding hydrogens is 287 g/mol. The molecule has 0 heterocycles. The highest BCUT2D eigenvalue weighted by Crippen LogP contribution is 2.33. The lowest BCUT2D eigenvalue weighted by molar-refractivity contribution is -0.141. The summed E-state index contributed by atoms with van der Waals surface area (Å²) in [5, 5.41) is 0. The van der Waals surface area contributed by atoms with Crippen LogP contribution in [0.2, 0.25) is 0 Å². The van der Waals surface area contributed by atoms with Crippen molar-refractivity contribution in [3.05, 3.63) is 12.2 Å². The standard InChI is InChI=1S/C12H21O7P/c1-10(2)12(14)19-8-6-4-3-5-7-18-11(13)9-20(15,16)17/h1,3-9H2,2H3,(H2,15,16,17). The maximum Gasteiger partial charge on any atom is 0.336 e. The van der Waals surface area contributed by atoms with Crippen LogP contribution in [0.15, 0.2) is 12.2 Å². The number of carbonyl (C=O) groups excluding carboxylic acids is 2. The normalized spacial score (nSPS) is 10.9. The highest BCUT2D eigenvalue weighted by atomic mass is 31.2. The van der Waals surface area contributed by atoms with Crippen molar-refractivity contribution in [2.24, 2.45) is 0 Å². The minimum Gasteiger partial charge on any atom is -0.465 e. The van der Waals surface area contributed by atoms with E-state index in [1.54, 1.807) is 6.92 Å². The summed E-state index contributed by atoms with van der Waals surface area (Å²) in [6.45, 7) is 5.49. The van der Waals surface area contributed by atoms with Crippen molar-refractivity contribution >= 4 is 19.5 Å². The fourth-order valence-corrected chi connectivity index (χ4v) is 1.67. The van der Waals surface area contributed by atoms with Crippen molar-refractivity contribution in [2.45, 2.75) is 32.6 Å². The van der Waals surface area contributed by atoms with Gasteiger partial charge in [0.05, 0.1) is 13.2 Å². The van der Waals surface area contributed by atoms with Gasteiger partial charge < -0.3 is 19.3 Å². The second-order valence-electron chi connectivity index (χ2n) is 4.37. The number of carbonyl (C=O) groups is 2. The molecule has 20 heavy (non-hydrogen) atoms.